The van der Waals surface area contributed by atoms with Gasteiger partial charge in [0, 0.05) is 26.4 Å². The molecule has 2 aromatic carbocycles. The van der Waals surface area contributed by atoms with Crippen LogP contribution in [-0.2, 0) is 16.4 Å². The molecule has 0 fully saturated rings. The maximum atomic E-state index is 14.1. The van der Waals surface area contributed by atoms with Gasteiger partial charge in [-0.1, -0.05) is 12.1 Å². The van der Waals surface area contributed by atoms with Crippen molar-refractivity contribution in [3.05, 3.63) is 71.9 Å². The van der Waals surface area contributed by atoms with Crippen molar-refractivity contribution in [2.75, 3.05) is 20.4 Å². The van der Waals surface area contributed by atoms with Crippen molar-refractivity contribution in [3.8, 4) is 16.9 Å². The summed E-state index contributed by atoms with van der Waals surface area (Å²) in [4.78, 5) is 13.5. The third-order valence-corrected chi connectivity index (χ3v) is 5.28. The quantitative estimate of drug-likeness (QED) is 0.610. The number of benzene rings is 2. The van der Waals surface area contributed by atoms with E-state index in [1.807, 2.05) is 0 Å². The van der Waals surface area contributed by atoms with Gasteiger partial charge in [-0.25, -0.2) is 12.8 Å². The molecular weight excluding hydrogens is 397 g/mol. The number of nitrogens with zero attached hydrogens (tertiary/aromatic N) is 1. The van der Waals surface area contributed by atoms with E-state index < -0.39 is 15.7 Å². The molecule has 0 saturated carbocycles. The molecule has 0 saturated heterocycles. The second kappa shape index (κ2) is 8.08. The van der Waals surface area contributed by atoms with E-state index in [0.29, 0.717) is 16.9 Å². The highest BCUT2D eigenvalue weighted by atomic mass is 32.2. The van der Waals surface area contributed by atoms with Gasteiger partial charge in [0.15, 0.2) is 15.6 Å². The topological polar surface area (TPSA) is 76.8 Å². The summed E-state index contributed by atoms with van der Waals surface area (Å²) in [5.74, 6) is 0.150. The average molecular weight is 417 g/mol. The van der Waals surface area contributed by atoms with Crippen molar-refractivity contribution in [2.24, 2.45) is 0 Å². The van der Waals surface area contributed by atoms with Gasteiger partial charge in [0.1, 0.15) is 23.9 Å². The molecule has 0 aliphatic rings. The number of halogens is 1. The fourth-order valence-electron chi connectivity index (χ4n) is 2.65. The second-order valence-corrected chi connectivity index (χ2v) is 8.74. The van der Waals surface area contributed by atoms with E-state index in [-0.39, 0.29) is 28.9 Å². The molecule has 0 aliphatic heterocycles. The highest BCUT2D eigenvalue weighted by Crippen LogP contribution is 2.27. The molecule has 8 heteroatoms. The molecule has 3 rings (SSSR count). The summed E-state index contributed by atoms with van der Waals surface area (Å²) in [6, 6.07) is 13.6. The van der Waals surface area contributed by atoms with Crippen LogP contribution in [0.15, 0.2) is 63.9 Å². The van der Waals surface area contributed by atoms with Crippen LogP contribution in [0.3, 0.4) is 0 Å². The van der Waals surface area contributed by atoms with Crippen LogP contribution in [-0.4, -0.2) is 39.6 Å². The first kappa shape index (κ1) is 20.6. The monoisotopic (exact) mass is 417 g/mol. The first-order valence-electron chi connectivity index (χ1n) is 8.68. The summed E-state index contributed by atoms with van der Waals surface area (Å²) in [5, 5.41) is 0. The summed E-state index contributed by atoms with van der Waals surface area (Å²) in [6.07, 6.45) is 1.13. The van der Waals surface area contributed by atoms with Crippen LogP contribution in [0, 0.1) is 5.82 Å². The van der Waals surface area contributed by atoms with Gasteiger partial charge in [-0.2, -0.15) is 0 Å². The molecule has 0 N–H and O–H groups in total. The van der Waals surface area contributed by atoms with Crippen molar-refractivity contribution in [1.82, 2.24) is 4.90 Å². The third-order valence-electron chi connectivity index (χ3n) is 4.15. The third kappa shape index (κ3) is 5.03. The molecule has 0 aliphatic carbocycles. The second-order valence-electron chi connectivity index (χ2n) is 6.73. The normalized spacial score (nSPS) is 11.3. The van der Waals surface area contributed by atoms with Crippen LogP contribution >= 0.6 is 0 Å². The average Bonchev–Trinajstić information content (AvgIpc) is 3.13. The predicted molar refractivity (Wildman–Crippen MR) is 106 cm³/mol. The van der Waals surface area contributed by atoms with Crippen molar-refractivity contribution in [1.29, 1.82) is 0 Å². The number of rotatable bonds is 6. The first-order valence-corrected chi connectivity index (χ1v) is 10.6. The molecular formula is C21H20FNO5S. The number of furan rings is 1. The maximum Gasteiger partial charge on any atom is 0.289 e. The van der Waals surface area contributed by atoms with E-state index in [4.69, 9.17) is 9.15 Å². The highest BCUT2D eigenvalue weighted by Gasteiger charge is 2.14. The first-order chi connectivity index (χ1) is 13.6. The SMILES string of the molecule is CN(C)C(=O)c1ccc(COc2cc(F)cc(-c3ccc(S(C)(=O)=O)cc3)c2)o1. The Kier molecular flexibility index (Phi) is 5.74. The molecule has 3 aromatic rings. The van der Waals surface area contributed by atoms with Gasteiger partial charge in [-0.05, 0) is 47.5 Å². The lowest BCUT2D eigenvalue weighted by atomic mass is 10.1. The Labute approximate surface area is 168 Å². The number of hydrogen-bond donors (Lipinski definition) is 0. The number of sulfone groups is 1. The molecule has 0 radical (unpaired) electrons. The van der Waals surface area contributed by atoms with Crippen molar-refractivity contribution < 1.29 is 26.8 Å². The Morgan fingerprint density at radius 1 is 1.03 bits per heavy atom. The lowest BCUT2D eigenvalue weighted by Gasteiger charge is -2.09. The van der Waals surface area contributed by atoms with Crippen LogP contribution in [0.1, 0.15) is 16.3 Å². The zero-order valence-electron chi connectivity index (χ0n) is 16.2. The van der Waals surface area contributed by atoms with E-state index in [1.165, 1.54) is 29.2 Å². The molecule has 29 heavy (non-hydrogen) atoms. The molecule has 152 valence electrons. The van der Waals surface area contributed by atoms with Gasteiger partial charge in [0.05, 0.1) is 4.90 Å². The Bertz CT molecular complexity index is 1130. The Balaban J connectivity index is 1.77. The van der Waals surface area contributed by atoms with E-state index in [2.05, 4.69) is 0 Å². The van der Waals surface area contributed by atoms with Crippen molar-refractivity contribution >= 4 is 15.7 Å². The molecule has 0 unspecified atom stereocenters. The smallest absolute Gasteiger partial charge is 0.289 e. The highest BCUT2D eigenvalue weighted by molar-refractivity contribution is 7.90. The predicted octanol–water partition coefficient (Wildman–Crippen LogP) is 3.77. The summed E-state index contributed by atoms with van der Waals surface area (Å²) >= 11 is 0. The van der Waals surface area contributed by atoms with Crippen molar-refractivity contribution in [3.63, 3.8) is 0 Å². The molecule has 0 bridgehead atoms. The van der Waals surface area contributed by atoms with Gasteiger partial charge in [-0.15, -0.1) is 0 Å². The van der Waals surface area contributed by atoms with Gasteiger partial charge >= 0.3 is 0 Å². The largest absolute Gasteiger partial charge is 0.486 e. The Hall–Kier alpha value is -3.13. The van der Waals surface area contributed by atoms with Crippen LogP contribution in [0.5, 0.6) is 5.75 Å². The minimum atomic E-state index is -3.30. The van der Waals surface area contributed by atoms with Gasteiger partial charge in [0.25, 0.3) is 5.91 Å². The standard InChI is InChI=1S/C21H20FNO5S/c1-23(2)21(24)20-9-6-17(28-20)13-27-18-11-15(10-16(22)12-18)14-4-7-19(8-5-14)29(3,25)26/h4-12H,13H2,1-3H3. The number of carbonyl (C=O) groups is 1. The maximum absolute atomic E-state index is 14.1. The fraction of sp³-hybridized carbons (Fsp3) is 0.190. The number of hydrogen-bond acceptors (Lipinski definition) is 5. The number of carbonyl (C=O) groups excluding carboxylic acids is 1. The van der Waals surface area contributed by atoms with Crippen LogP contribution in [0.2, 0.25) is 0 Å². The Morgan fingerprint density at radius 3 is 2.34 bits per heavy atom. The number of ether oxygens (including phenoxy) is 1. The van der Waals surface area contributed by atoms with Gasteiger partial charge in [-0.3, -0.25) is 4.79 Å². The summed E-state index contributed by atoms with van der Waals surface area (Å²) in [5.41, 5.74) is 1.20. The lowest BCUT2D eigenvalue weighted by Crippen LogP contribution is -2.20. The number of amides is 1. The minimum absolute atomic E-state index is 0.0244. The molecule has 0 spiro atoms. The van der Waals surface area contributed by atoms with E-state index >= 15 is 0 Å². The van der Waals surface area contributed by atoms with Gasteiger partial charge in [0.2, 0.25) is 0 Å². The minimum Gasteiger partial charge on any atom is -0.486 e. The molecule has 1 heterocycles. The summed E-state index contributed by atoms with van der Waals surface area (Å²) < 4.78 is 48.3. The summed E-state index contributed by atoms with van der Waals surface area (Å²) in [7, 11) is -0.0576. The fourth-order valence-corrected chi connectivity index (χ4v) is 3.28. The molecule has 1 amide bonds. The van der Waals surface area contributed by atoms with E-state index in [1.54, 1.807) is 44.4 Å². The summed E-state index contributed by atoms with van der Waals surface area (Å²) in [6.45, 7) is 0.0244. The van der Waals surface area contributed by atoms with E-state index in [9.17, 15) is 17.6 Å². The zero-order chi connectivity index (χ0) is 21.2. The van der Waals surface area contributed by atoms with E-state index in [0.717, 1.165) is 6.26 Å². The zero-order valence-corrected chi connectivity index (χ0v) is 17.0. The molecule has 0 atom stereocenters. The van der Waals surface area contributed by atoms with Crippen LogP contribution in [0.4, 0.5) is 4.39 Å². The Morgan fingerprint density at radius 2 is 1.72 bits per heavy atom. The lowest BCUT2D eigenvalue weighted by molar-refractivity contribution is 0.0792. The van der Waals surface area contributed by atoms with Crippen LogP contribution in [0.25, 0.3) is 11.1 Å². The van der Waals surface area contributed by atoms with Crippen molar-refractivity contribution in [2.45, 2.75) is 11.5 Å². The van der Waals surface area contributed by atoms with Crippen LogP contribution < -0.4 is 4.74 Å². The van der Waals surface area contributed by atoms with Gasteiger partial charge < -0.3 is 14.1 Å². The molecule has 6 nitrogen and oxygen atoms in total. The molecule has 1 aromatic heterocycles.